The highest BCUT2D eigenvalue weighted by atomic mass is 32.2. The van der Waals surface area contributed by atoms with Gasteiger partial charge >= 0.3 is 0 Å². The largest absolute Gasteiger partial charge is 0.346 e. The van der Waals surface area contributed by atoms with E-state index < -0.39 is 42.6 Å². The number of rotatable bonds is 4. The van der Waals surface area contributed by atoms with Gasteiger partial charge in [-0.15, -0.1) is 0 Å². The maximum Gasteiger partial charge on any atom is 0.251 e. The van der Waals surface area contributed by atoms with Gasteiger partial charge < -0.3 is 10.6 Å². The van der Waals surface area contributed by atoms with Crippen LogP contribution < -0.4 is 10.6 Å². The van der Waals surface area contributed by atoms with Crippen LogP contribution in [-0.4, -0.2) is 62.7 Å². The van der Waals surface area contributed by atoms with Crippen molar-refractivity contribution in [2.45, 2.75) is 37.8 Å². The topological polar surface area (TPSA) is 126 Å². The third-order valence-corrected chi connectivity index (χ3v) is 9.05. The minimum atomic E-state index is -3.14. The van der Waals surface area contributed by atoms with Crippen molar-refractivity contribution in [3.8, 4) is 0 Å². The number of amides is 2. The monoisotopic (exact) mass is 428 g/mol. The molecule has 0 aromatic heterocycles. The van der Waals surface area contributed by atoms with Gasteiger partial charge in [-0.3, -0.25) is 9.59 Å². The molecule has 2 heterocycles. The minimum absolute atomic E-state index is 0.0530. The fourth-order valence-corrected chi connectivity index (χ4v) is 7.87. The van der Waals surface area contributed by atoms with Crippen molar-refractivity contribution in [2.75, 3.05) is 23.0 Å². The molecule has 0 aliphatic carbocycles. The lowest BCUT2D eigenvalue weighted by atomic mass is 10.00. The molecule has 154 valence electrons. The highest BCUT2D eigenvalue weighted by Crippen LogP contribution is 2.24. The summed E-state index contributed by atoms with van der Waals surface area (Å²) in [5, 5.41) is 5.53. The van der Waals surface area contributed by atoms with E-state index in [1.165, 1.54) is 24.3 Å². The molecule has 28 heavy (non-hydrogen) atoms. The van der Waals surface area contributed by atoms with Crippen molar-refractivity contribution < 1.29 is 26.4 Å². The molecule has 0 radical (unpaired) electrons. The first-order valence-electron chi connectivity index (χ1n) is 8.97. The summed E-state index contributed by atoms with van der Waals surface area (Å²) in [5.41, 5.74) is -0.961. The number of sulfone groups is 2. The summed E-state index contributed by atoms with van der Waals surface area (Å²) in [6, 6.07) is 5.96. The Kier molecular flexibility index (Phi) is 5.08. The Morgan fingerprint density at radius 1 is 0.750 bits per heavy atom. The molecule has 0 spiro atoms. The van der Waals surface area contributed by atoms with E-state index in [1.807, 2.05) is 0 Å². The number of hydrogen-bond donors (Lipinski definition) is 2. The fourth-order valence-electron chi connectivity index (χ4n) is 3.68. The average molecular weight is 429 g/mol. The van der Waals surface area contributed by atoms with Crippen molar-refractivity contribution in [3.05, 3.63) is 35.4 Å². The lowest BCUT2D eigenvalue weighted by molar-refractivity contribution is 0.0902. The molecule has 0 bridgehead atoms. The van der Waals surface area contributed by atoms with E-state index in [0.717, 1.165) is 0 Å². The van der Waals surface area contributed by atoms with Gasteiger partial charge in [-0.25, -0.2) is 16.8 Å². The molecule has 2 aliphatic heterocycles. The third-order valence-electron chi connectivity index (χ3n) is 5.25. The molecule has 0 saturated carbocycles. The van der Waals surface area contributed by atoms with Gasteiger partial charge in [0, 0.05) is 11.1 Å². The second-order valence-corrected chi connectivity index (χ2v) is 12.7. The van der Waals surface area contributed by atoms with E-state index in [-0.39, 0.29) is 23.0 Å². The van der Waals surface area contributed by atoms with E-state index >= 15 is 0 Å². The summed E-state index contributed by atoms with van der Waals surface area (Å²) in [7, 11) is -6.27. The van der Waals surface area contributed by atoms with Crippen LogP contribution in [0.2, 0.25) is 0 Å². The van der Waals surface area contributed by atoms with Gasteiger partial charge in [0.15, 0.2) is 19.7 Å². The molecule has 2 saturated heterocycles. The van der Waals surface area contributed by atoms with Crippen LogP contribution in [0.25, 0.3) is 0 Å². The molecular weight excluding hydrogens is 404 g/mol. The van der Waals surface area contributed by atoms with Crippen LogP contribution in [0.15, 0.2) is 24.3 Å². The van der Waals surface area contributed by atoms with Crippen LogP contribution >= 0.6 is 0 Å². The van der Waals surface area contributed by atoms with Crippen molar-refractivity contribution in [1.82, 2.24) is 10.6 Å². The zero-order valence-corrected chi connectivity index (χ0v) is 17.5. The molecule has 8 nitrogen and oxygen atoms in total. The van der Waals surface area contributed by atoms with Crippen LogP contribution in [-0.2, 0) is 19.7 Å². The molecular formula is C18H24N2O6S2. The number of hydrogen-bond acceptors (Lipinski definition) is 6. The first kappa shape index (κ1) is 20.8. The molecule has 2 N–H and O–H groups in total. The molecule has 2 amide bonds. The predicted molar refractivity (Wildman–Crippen MR) is 105 cm³/mol. The molecule has 2 unspecified atom stereocenters. The molecule has 2 fully saturated rings. The third kappa shape index (κ3) is 4.72. The van der Waals surface area contributed by atoms with Gasteiger partial charge in [0.2, 0.25) is 0 Å². The van der Waals surface area contributed by atoms with Crippen molar-refractivity contribution in [3.63, 3.8) is 0 Å². The summed E-state index contributed by atoms with van der Waals surface area (Å²) in [6.45, 7) is 3.40. The van der Waals surface area contributed by atoms with Gasteiger partial charge in [0.1, 0.15) is 0 Å². The van der Waals surface area contributed by atoms with Crippen LogP contribution in [0.3, 0.4) is 0 Å². The van der Waals surface area contributed by atoms with Gasteiger partial charge in [-0.1, -0.05) is 0 Å². The highest BCUT2D eigenvalue weighted by Gasteiger charge is 2.40. The van der Waals surface area contributed by atoms with Crippen molar-refractivity contribution in [1.29, 1.82) is 0 Å². The predicted octanol–water partition coefficient (Wildman–Crippen LogP) is 0.301. The normalized spacial score (nSPS) is 30.6. The average Bonchev–Trinajstić information content (AvgIpc) is 3.01. The Bertz CT molecular complexity index is 934. The summed E-state index contributed by atoms with van der Waals surface area (Å²) in [6.07, 6.45) is 0.728. The SMILES string of the molecule is CC1(NC(=O)c2ccc(C(=O)NC3(C)CCS(=O)(=O)C3)cc2)CCS(=O)(=O)C1. The first-order chi connectivity index (χ1) is 12.8. The van der Waals surface area contributed by atoms with E-state index in [9.17, 15) is 26.4 Å². The minimum Gasteiger partial charge on any atom is -0.346 e. The van der Waals surface area contributed by atoms with Crippen molar-refractivity contribution >= 4 is 31.5 Å². The van der Waals surface area contributed by atoms with Crippen molar-refractivity contribution in [2.24, 2.45) is 0 Å². The summed E-state index contributed by atoms with van der Waals surface area (Å²) in [4.78, 5) is 24.9. The zero-order valence-electron chi connectivity index (χ0n) is 15.8. The zero-order chi connectivity index (χ0) is 20.8. The van der Waals surface area contributed by atoms with Crippen LogP contribution in [0.5, 0.6) is 0 Å². The molecule has 2 atom stereocenters. The Hall–Kier alpha value is -1.94. The van der Waals surface area contributed by atoms with Gasteiger partial charge in [-0.05, 0) is 51.0 Å². The van der Waals surface area contributed by atoms with Gasteiger partial charge in [0.05, 0.1) is 34.1 Å². The van der Waals surface area contributed by atoms with Gasteiger partial charge in [0.25, 0.3) is 11.8 Å². The number of carbonyl (C=O) groups excluding carboxylic acids is 2. The maximum absolute atomic E-state index is 12.4. The molecule has 3 rings (SSSR count). The highest BCUT2D eigenvalue weighted by molar-refractivity contribution is 7.92. The summed E-state index contributed by atoms with van der Waals surface area (Å²) in [5.74, 6) is -0.878. The number of nitrogens with one attached hydrogen (secondary N) is 2. The fraction of sp³-hybridized carbons (Fsp3) is 0.556. The Morgan fingerprint density at radius 3 is 1.32 bits per heavy atom. The van der Waals surface area contributed by atoms with E-state index in [2.05, 4.69) is 10.6 Å². The standard InChI is InChI=1S/C18H24N2O6S2/c1-17(7-9-27(23,24)11-17)19-15(21)13-3-5-14(6-4-13)16(22)20-18(2)8-10-28(25,26)12-18/h3-6H,7-12H2,1-2H3,(H,19,21)(H,20,22). The van der Waals surface area contributed by atoms with Crippen LogP contribution in [0, 0.1) is 0 Å². The quantitative estimate of drug-likeness (QED) is 0.710. The first-order valence-corrected chi connectivity index (χ1v) is 12.6. The van der Waals surface area contributed by atoms with E-state index in [1.54, 1.807) is 13.8 Å². The molecule has 2 aliphatic rings. The Morgan fingerprint density at radius 2 is 1.07 bits per heavy atom. The molecule has 1 aromatic rings. The maximum atomic E-state index is 12.4. The lowest BCUT2D eigenvalue weighted by Gasteiger charge is -2.24. The van der Waals surface area contributed by atoms with E-state index in [4.69, 9.17) is 0 Å². The second-order valence-electron chi connectivity index (χ2n) is 8.29. The lowest BCUT2D eigenvalue weighted by Crippen LogP contribution is -2.47. The smallest absolute Gasteiger partial charge is 0.251 e. The van der Waals surface area contributed by atoms with Crippen LogP contribution in [0.4, 0.5) is 0 Å². The number of carbonyl (C=O) groups is 2. The molecule has 1 aromatic carbocycles. The Labute approximate surface area is 164 Å². The summed E-state index contributed by atoms with van der Waals surface area (Å²) < 4.78 is 46.6. The number of benzene rings is 1. The Balaban J connectivity index is 1.65. The van der Waals surface area contributed by atoms with E-state index in [0.29, 0.717) is 24.0 Å². The van der Waals surface area contributed by atoms with Gasteiger partial charge in [-0.2, -0.15) is 0 Å². The molecule has 10 heteroatoms. The second kappa shape index (κ2) is 6.84. The van der Waals surface area contributed by atoms with Crippen LogP contribution in [0.1, 0.15) is 47.4 Å². The summed E-state index contributed by atoms with van der Waals surface area (Å²) >= 11 is 0.